The van der Waals surface area contributed by atoms with E-state index >= 15 is 0 Å². The fraction of sp³-hybridized carbons (Fsp3) is 0.364. The van der Waals surface area contributed by atoms with E-state index in [9.17, 15) is 5.11 Å². The van der Waals surface area contributed by atoms with Crippen LogP contribution in [0, 0.1) is 11.8 Å². The van der Waals surface area contributed by atoms with Crippen LogP contribution in [0.2, 0.25) is 0 Å². The second-order valence-electron chi connectivity index (χ2n) is 2.85. The van der Waals surface area contributed by atoms with E-state index in [0.29, 0.717) is 12.8 Å². The highest BCUT2D eigenvalue weighted by atomic mass is 16.3. The fourth-order valence-corrected chi connectivity index (χ4v) is 1.08. The minimum atomic E-state index is -0.378. The molecular weight excluding hydrogens is 162 g/mol. The van der Waals surface area contributed by atoms with Crippen molar-refractivity contribution in [1.29, 1.82) is 0 Å². The van der Waals surface area contributed by atoms with E-state index in [1.165, 1.54) is 0 Å². The van der Waals surface area contributed by atoms with Gasteiger partial charge in [0, 0.05) is 25.2 Å². The Morgan fingerprint density at radius 3 is 3.08 bits per heavy atom. The number of aliphatic hydroxyl groups excluding tert-OH is 1. The van der Waals surface area contributed by atoms with Gasteiger partial charge in [-0.3, -0.25) is 4.98 Å². The molecule has 0 radical (unpaired) electrons. The number of rotatable bonds is 3. The molecule has 1 aromatic heterocycles. The Balaban J connectivity index is 2.44. The number of pyridine rings is 1. The molecule has 0 aliphatic rings. The van der Waals surface area contributed by atoms with Crippen LogP contribution in [0.5, 0.6) is 0 Å². The van der Waals surface area contributed by atoms with Crippen molar-refractivity contribution in [3.05, 3.63) is 30.1 Å². The van der Waals surface area contributed by atoms with Crippen molar-refractivity contribution in [1.82, 2.24) is 4.98 Å². The Labute approximate surface area is 78.6 Å². The molecule has 0 saturated carbocycles. The summed E-state index contributed by atoms with van der Waals surface area (Å²) in [4.78, 5) is 3.97. The van der Waals surface area contributed by atoms with Crippen LogP contribution in [0.25, 0.3) is 0 Å². The van der Waals surface area contributed by atoms with Crippen molar-refractivity contribution < 1.29 is 5.11 Å². The van der Waals surface area contributed by atoms with Gasteiger partial charge < -0.3 is 5.11 Å². The fourth-order valence-electron chi connectivity index (χ4n) is 1.08. The van der Waals surface area contributed by atoms with Crippen molar-refractivity contribution in [3.8, 4) is 11.8 Å². The van der Waals surface area contributed by atoms with Crippen LogP contribution in [0.3, 0.4) is 0 Å². The topological polar surface area (TPSA) is 33.1 Å². The lowest BCUT2D eigenvalue weighted by atomic mass is 10.1. The Kier molecular flexibility index (Phi) is 4.01. The molecule has 1 rings (SSSR count). The van der Waals surface area contributed by atoms with Crippen LogP contribution in [-0.2, 0) is 6.42 Å². The maximum absolute atomic E-state index is 9.50. The lowest BCUT2D eigenvalue weighted by Gasteiger charge is -2.05. The zero-order valence-electron chi connectivity index (χ0n) is 7.70. The summed E-state index contributed by atoms with van der Waals surface area (Å²) in [6.45, 7) is 1.77. The first kappa shape index (κ1) is 9.76. The standard InChI is InChI=1S/C11H13NO/c1-2-3-6-11(13)8-10-5-4-7-12-9-10/h4-5,7,9,11,13H,6,8H2,1H3. The molecule has 0 spiro atoms. The third kappa shape index (κ3) is 3.73. The van der Waals surface area contributed by atoms with E-state index in [0.717, 1.165) is 5.56 Å². The molecule has 2 heteroatoms. The van der Waals surface area contributed by atoms with Crippen molar-refractivity contribution in [2.24, 2.45) is 0 Å². The third-order valence-electron chi connectivity index (χ3n) is 1.71. The lowest BCUT2D eigenvalue weighted by molar-refractivity contribution is 0.180. The number of aliphatic hydroxyl groups is 1. The summed E-state index contributed by atoms with van der Waals surface area (Å²) in [5.41, 5.74) is 1.05. The van der Waals surface area contributed by atoms with E-state index in [1.807, 2.05) is 12.1 Å². The first-order valence-electron chi connectivity index (χ1n) is 4.29. The molecule has 1 atom stereocenters. The molecule has 13 heavy (non-hydrogen) atoms. The van der Waals surface area contributed by atoms with E-state index in [-0.39, 0.29) is 6.10 Å². The second-order valence-corrected chi connectivity index (χ2v) is 2.85. The number of hydrogen-bond donors (Lipinski definition) is 1. The van der Waals surface area contributed by atoms with Gasteiger partial charge in [0.25, 0.3) is 0 Å². The lowest BCUT2D eigenvalue weighted by Crippen LogP contribution is -2.09. The molecule has 0 bridgehead atoms. The number of hydrogen-bond acceptors (Lipinski definition) is 2. The highest BCUT2D eigenvalue weighted by Gasteiger charge is 2.02. The van der Waals surface area contributed by atoms with Crippen LogP contribution in [0.4, 0.5) is 0 Å². The van der Waals surface area contributed by atoms with E-state index in [1.54, 1.807) is 19.3 Å². The molecular formula is C11H13NO. The molecule has 1 heterocycles. The Morgan fingerprint density at radius 1 is 1.62 bits per heavy atom. The largest absolute Gasteiger partial charge is 0.392 e. The van der Waals surface area contributed by atoms with Gasteiger partial charge in [-0.25, -0.2) is 0 Å². The van der Waals surface area contributed by atoms with Gasteiger partial charge in [0.05, 0.1) is 6.10 Å². The first-order chi connectivity index (χ1) is 6.33. The van der Waals surface area contributed by atoms with Crippen LogP contribution in [0.15, 0.2) is 24.5 Å². The summed E-state index contributed by atoms with van der Waals surface area (Å²) in [5.74, 6) is 5.61. The first-order valence-corrected chi connectivity index (χ1v) is 4.29. The Morgan fingerprint density at radius 2 is 2.46 bits per heavy atom. The van der Waals surface area contributed by atoms with Gasteiger partial charge in [-0.2, -0.15) is 0 Å². The highest BCUT2D eigenvalue weighted by Crippen LogP contribution is 2.03. The zero-order chi connectivity index (χ0) is 9.52. The van der Waals surface area contributed by atoms with Crippen molar-refractivity contribution >= 4 is 0 Å². The average molecular weight is 175 g/mol. The normalized spacial score (nSPS) is 11.5. The van der Waals surface area contributed by atoms with Gasteiger partial charge in [-0.1, -0.05) is 6.07 Å². The van der Waals surface area contributed by atoms with Gasteiger partial charge in [-0.15, -0.1) is 11.8 Å². The van der Waals surface area contributed by atoms with Crippen molar-refractivity contribution in [3.63, 3.8) is 0 Å². The maximum atomic E-state index is 9.50. The molecule has 2 nitrogen and oxygen atoms in total. The Bertz CT molecular complexity index is 297. The van der Waals surface area contributed by atoms with E-state index in [2.05, 4.69) is 16.8 Å². The monoisotopic (exact) mass is 175 g/mol. The summed E-state index contributed by atoms with van der Waals surface area (Å²) >= 11 is 0. The molecule has 0 aromatic carbocycles. The summed E-state index contributed by atoms with van der Waals surface area (Å²) < 4.78 is 0. The molecule has 0 fully saturated rings. The van der Waals surface area contributed by atoms with E-state index in [4.69, 9.17) is 0 Å². The van der Waals surface area contributed by atoms with Crippen molar-refractivity contribution in [2.75, 3.05) is 0 Å². The van der Waals surface area contributed by atoms with Gasteiger partial charge >= 0.3 is 0 Å². The summed E-state index contributed by atoms with van der Waals surface area (Å²) in [6, 6.07) is 3.82. The van der Waals surface area contributed by atoms with Gasteiger partial charge in [0.15, 0.2) is 0 Å². The van der Waals surface area contributed by atoms with Gasteiger partial charge in [-0.05, 0) is 18.6 Å². The van der Waals surface area contributed by atoms with Crippen LogP contribution >= 0.6 is 0 Å². The summed E-state index contributed by atoms with van der Waals surface area (Å²) in [5, 5.41) is 9.50. The Hall–Kier alpha value is -1.33. The molecule has 68 valence electrons. The molecule has 1 N–H and O–H groups in total. The predicted octanol–water partition coefficient (Wildman–Crippen LogP) is 1.40. The quantitative estimate of drug-likeness (QED) is 0.704. The minimum Gasteiger partial charge on any atom is -0.392 e. The molecule has 0 amide bonds. The third-order valence-corrected chi connectivity index (χ3v) is 1.71. The average Bonchev–Trinajstić information content (AvgIpc) is 2.16. The molecule has 0 saturated heterocycles. The van der Waals surface area contributed by atoms with Gasteiger partial charge in [0.1, 0.15) is 0 Å². The van der Waals surface area contributed by atoms with Gasteiger partial charge in [0.2, 0.25) is 0 Å². The maximum Gasteiger partial charge on any atom is 0.0690 e. The van der Waals surface area contributed by atoms with Crippen LogP contribution in [-0.4, -0.2) is 16.2 Å². The summed E-state index contributed by atoms with van der Waals surface area (Å²) in [6.07, 6.45) is 4.27. The van der Waals surface area contributed by atoms with Crippen LogP contribution < -0.4 is 0 Å². The molecule has 1 unspecified atom stereocenters. The zero-order valence-corrected chi connectivity index (χ0v) is 7.70. The molecule has 0 aliphatic heterocycles. The molecule has 1 aromatic rings. The SMILES string of the molecule is CC#CCC(O)Cc1cccnc1. The predicted molar refractivity (Wildman–Crippen MR) is 52.0 cm³/mol. The van der Waals surface area contributed by atoms with E-state index < -0.39 is 0 Å². The number of aromatic nitrogens is 1. The molecule has 0 aliphatic carbocycles. The summed E-state index contributed by atoms with van der Waals surface area (Å²) in [7, 11) is 0. The smallest absolute Gasteiger partial charge is 0.0690 e. The minimum absolute atomic E-state index is 0.378. The number of nitrogens with zero attached hydrogens (tertiary/aromatic N) is 1. The second kappa shape index (κ2) is 5.34. The van der Waals surface area contributed by atoms with Crippen LogP contribution in [0.1, 0.15) is 18.9 Å². The van der Waals surface area contributed by atoms with Crippen molar-refractivity contribution in [2.45, 2.75) is 25.9 Å². The highest BCUT2D eigenvalue weighted by molar-refractivity contribution is 5.10.